The number of aryl methyl sites for hydroxylation is 1. The number of aromatic nitrogens is 1. The number of rotatable bonds is 6. The van der Waals surface area contributed by atoms with E-state index < -0.39 is 5.91 Å². The zero-order valence-electron chi connectivity index (χ0n) is 15.7. The molecule has 28 heavy (non-hydrogen) atoms. The van der Waals surface area contributed by atoms with E-state index in [2.05, 4.69) is 15.6 Å². The summed E-state index contributed by atoms with van der Waals surface area (Å²) in [7, 11) is 0. The standard InChI is InChI=1S/C22H21N3O3/c1-3-28-17-13-11-16(12-14-17)23-21(26)19-9-6-10-20(24-19)22(27)25-18-8-5-4-7-15(18)2/h4-14H,3H2,1-2H3,(H,23,26)(H,25,27). The van der Waals surface area contributed by atoms with Crippen molar-refractivity contribution in [3.05, 3.63) is 83.7 Å². The SMILES string of the molecule is CCOc1ccc(NC(=O)c2cccc(C(=O)Nc3ccccc3C)n2)cc1. The highest BCUT2D eigenvalue weighted by atomic mass is 16.5. The molecule has 0 aliphatic rings. The molecule has 0 aliphatic carbocycles. The Morgan fingerprint density at radius 2 is 1.50 bits per heavy atom. The molecule has 2 aromatic carbocycles. The highest BCUT2D eigenvalue weighted by molar-refractivity contribution is 6.06. The van der Waals surface area contributed by atoms with E-state index in [-0.39, 0.29) is 17.3 Å². The first-order valence-electron chi connectivity index (χ1n) is 8.95. The average molecular weight is 375 g/mol. The van der Waals surface area contributed by atoms with Gasteiger partial charge in [0.25, 0.3) is 11.8 Å². The number of nitrogens with one attached hydrogen (secondary N) is 2. The Labute approximate surface area is 163 Å². The van der Waals surface area contributed by atoms with Crippen LogP contribution in [0.2, 0.25) is 0 Å². The molecular weight excluding hydrogens is 354 g/mol. The van der Waals surface area contributed by atoms with Crippen LogP contribution >= 0.6 is 0 Å². The molecule has 0 aliphatic heterocycles. The highest BCUT2D eigenvalue weighted by Gasteiger charge is 2.13. The maximum absolute atomic E-state index is 12.5. The monoisotopic (exact) mass is 375 g/mol. The quantitative estimate of drug-likeness (QED) is 0.673. The number of carbonyl (C=O) groups excluding carboxylic acids is 2. The molecule has 0 spiro atoms. The molecule has 3 rings (SSSR count). The topological polar surface area (TPSA) is 80.3 Å². The van der Waals surface area contributed by atoms with Crippen molar-refractivity contribution in [2.75, 3.05) is 17.2 Å². The smallest absolute Gasteiger partial charge is 0.274 e. The van der Waals surface area contributed by atoms with Crippen molar-refractivity contribution in [1.29, 1.82) is 0 Å². The van der Waals surface area contributed by atoms with Gasteiger partial charge >= 0.3 is 0 Å². The number of pyridine rings is 1. The summed E-state index contributed by atoms with van der Waals surface area (Å²) >= 11 is 0. The fourth-order valence-corrected chi connectivity index (χ4v) is 2.58. The molecule has 0 fully saturated rings. The minimum atomic E-state index is -0.394. The fourth-order valence-electron chi connectivity index (χ4n) is 2.58. The Hall–Kier alpha value is -3.67. The number of carbonyl (C=O) groups is 2. The highest BCUT2D eigenvalue weighted by Crippen LogP contribution is 2.17. The third-order valence-electron chi connectivity index (χ3n) is 4.03. The number of para-hydroxylation sites is 1. The van der Waals surface area contributed by atoms with Gasteiger partial charge in [0, 0.05) is 11.4 Å². The zero-order valence-corrected chi connectivity index (χ0v) is 15.7. The number of hydrogen-bond acceptors (Lipinski definition) is 4. The fraction of sp³-hybridized carbons (Fsp3) is 0.136. The summed E-state index contributed by atoms with van der Waals surface area (Å²) in [5.74, 6) is -0.0341. The Kier molecular flexibility index (Phi) is 6.01. The van der Waals surface area contributed by atoms with Crippen LogP contribution in [0.15, 0.2) is 66.7 Å². The summed E-state index contributed by atoms with van der Waals surface area (Å²) in [5.41, 5.74) is 2.60. The number of anilines is 2. The summed E-state index contributed by atoms with van der Waals surface area (Å²) in [6, 6.07) is 19.3. The lowest BCUT2D eigenvalue weighted by atomic mass is 10.2. The van der Waals surface area contributed by atoms with Crippen molar-refractivity contribution in [3.8, 4) is 5.75 Å². The van der Waals surface area contributed by atoms with Gasteiger partial charge in [0.05, 0.1) is 6.61 Å². The number of ether oxygens (including phenoxy) is 1. The van der Waals surface area contributed by atoms with E-state index >= 15 is 0 Å². The molecule has 3 aromatic rings. The van der Waals surface area contributed by atoms with Crippen molar-refractivity contribution < 1.29 is 14.3 Å². The molecule has 1 heterocycles. The molecule has 0 saturated heterocycles. The minimum absolute atomic E-state index is 0.159. The molecule has 0 atom stereocenters. The summed E-state index contributed by atoms with van der Waals surface area (Å²) in [6.45, 7) is 4.39. The average Bonchev–Trinajstić information content (AvgIpc) is 2.71. The molecule has 2 amide bonds. The number of amides is 2. The van der Waals surface area contributed by atoms with Gasteiger partial charge in [0.15, 0.2) is 0 Å². The van der Waals surface area contributed by atoms with Crippen molar-refractivity contribution in [3.63, 3.8) is 0 Å². The van der Waals surface area contributed by atoms with Crippen molar-refractivity contribution in [2.24, 2.45) is 0 Å². The van der Waals surface area contributed by atoms with Crippen LogP contribution in [0.1, 0.15) is 33.5 Å². The molecule has 0 radical (unpaired) electrons. The van der Waals surface area contributed by atoms with E-state index in [1.807, 2.05) is 38.1 Å². The maximum Gasteiger partial charge on any atom is 0.274 e. The molecule has 0 saturated carbocycles. The van der Waals surface area contributed by atoms with Gasteiger partial charge in [-0.05, 0) is 61.9 Å². The van der Waals surface area contributed by atoms with Crippen LogP contribution in [0.5, 0.6) is 5.75 Å². The summed E-state index contributed by atoms with van der Waals surface area (Å²) in [4.78, 5) is 29.1. The number of nitrogens with zero attached hydrogens (tertiary/aromatic N) is 1. The second kappa shape index (κ2) is 8.81. The Bertz CT molecular complexity index is 984. The van der Waals surface area contributed by atoms with E-state index in [0.717, 1.165) is 11.3 Å². The molecule has 6 nitrogen and oxygen atoms in total. The van der Waals surface area contributed by atoms with Crippen LogP contribution in [0.3, 0.4) is 0 Å². The molecule has 0 bridgehead atoms. The maximum atomic E-state index is 12.5. The molecule has 142 valence electrons. The predicted molar refractivity (Wildman–Crippen MR) is 109 cm³/mol. The van der Waals surface area contributed by atoms with Crippen LogP contribution in [0.4, 0.5) is 11.4 Å². The zero-order chi connectivity index (χ0) is 19.9. The van der Waals surface area contributed by atoms with E-state index in [1.54, 1.807) is 42.5 Å². The normalized spacial score (nSPS) is 10.2. The molecule has 2 N–H and O–H groups in total. The van der Waals surface area contributed by atoms with Crippen LogP contribution in [0, 0.1) is 6.92 Å². The van der Waals surface area contributed by atoms with E-state index in [9.17, 15) is 9.59 Å². The van der Waals surface area contributed by atoms with E-state index in [0.29, 0.717) is 18.0 Å². The first-order valence-corrected chi connectivity index (χ1v) is 8.95. The lowest BCUT2D eigenvalue weighted by Gasteiger charge is -2.09. The third-order valence-corrected chi connectivity index (χ3v) is 4.03. The number of hydrogen-bond donors (Lipinski definition) is 2. The van der Waals surface area contributed by atoms with Crippen LogP contribution in [-0.4, -0.2) is 23.4 Å². The van der Waals surface area contributed by atoms with Crippen LogP contribution in [-0.2, 0) is 0 Å². The first kappa shape index (κ1) is 19.1. The largest absolute Gasteiger partial charge is 0.494 e. The van der Waals surface area contributed by atoms with Gasteiger partial charge in [-0.2, -0.15) is 0 Å². The second-order valence-corrected chi connectivity index (χ2v) is 6.09. The second-order valence-electron chi connectivity index (χ2n) is 6.09. The van der Waals surface area contributed by atoms with Crippen LogP contribution < -0.4 is 15.4 Å². The van der Waals surface area contributed by atoms with Gasteiger partial charge in [0.1, 0.15) is 17.1 Å². The van der Waals surface area contributed by atoms with E-state index in [4.69, 9.17) is 4.74 Å². The lowest BCUT2D eigenvalue weighted by molar-refractivity contribution is 0.101. The Morgan fingerprint density at radius 3 is 2.14 bits per heavy atom. The minimum Gasteiger partial charge on any atom is -0.494 e. The Balaban J connectivity index is 1.70. The van der Waals surface area contributed by atoms with Gasteiger partial charge < -0.3 is 15.4 Å². The lowest BCUT2D eigenvalue weighted by Crippen LogP contribution is -2.18. The van der Waals surface area contributed by atoms with Crippen molar-refractivity contribution >= 4 is 23.2 Å². The Morgan fingerprint density at radius 1 is 0.857 bits per heavy atom. The van der Waals surface area contributed by atoms with Gasteiger partial charge in [-0.1, -0.05) is 24.3 Å². The van der Waals surface area contributed by atoms with Gasteiger partial charge in [-0.25, -0.2) is 4.98 Å². The summed E-state index contributed by atoms with van der Waals surface area (Å²) in [6.07, 6.45) is 0. The van der Waals surface area contributed by atoms with E-state index in [1.165, 1.54) is 0 Å². The summed E-state index contributed by atoms with van der Waals surface area (Å²) in [5, 5.41) is 5.58. The molecule has 1 aromatic heterocycles. The first-order chi connectivity index (χ1) is 13.6. The van der Waals surface area contributed by atoms with Gasteiger partial charge in [-0.3, -0.25) is 9.59 Å². The molecule has 6 heteroatoms. The predicted octanol–water partition coefficient (Wildman–Crippen LogP) is 4.29. The van der Waals surface area contributed by atoms with Crippen molar-refractivity contribution in [1.82, 2.24) is 4.98 Å². The van der Waals surface area contributed by atoms with Gasteiger partial charge in [0.2, 0.25) is 0 Å². The van der Waals surface area contributed by atoms with Gasteiger partial charge in [-0.15, -0.1) is 0 Å². The molecular formula is C22H21N3O3. The summed E-state index contributed by atoms with van der Waals surface area (Å²) < 4.78 is 5.38. The third kappa shape index (κ3) is 4.73. The number of benzene rings is 2. The van der Waals surface area contributed by atoms with Crippen LogP contribution in [0.25, 0.3) is 0 Å². The molecule has 0 unspecified atom stereocenters. The van der Waals surface area contributed by atoms with Crippen molar-refractivity contribution in [2.45, 2.75) is 13.8 Å².